The van der Waals surface area contributed by atoms with Crippen LogP contribution >= 0.6 is 23.2 Å². The van der Waals surface area contributed by atoms with Gasteiger partial charge in [-0.05, 0) is 48.9 Å². The second-order valence-corrected chi connectivity index (χ2v) is 9.32. The Morgan fingerprint density at radius 3 is 2.37 bits per heavy atom. The summed E-state index contributed by atoms with van der Waals surface area (Å²) in [5.41, 5.74) is 2.43. The van der Waals surface area contributed by atoms with Gasteiger partial charge in [-0.25, -0.2) is 13.4 Å². The molecule has 3 aromatic carbocycles. The second kappa shape index (κ2) is 7.92. The summed E-state index contributed by atoms with van der Waals surface area (Å²) in [5.74, 6) is -0.490. The van der Waals surface area contributed by atoms with Crippen molar-refractivity contribution >= 4 is 44.8 Å². The van der Waals surface area contributed by atoms with Crippen molar-refractivity contribution < 1.29 is 13.2 Å². The number of anilines is 1. The van der Waals surface area contributed by atoms with Crippen molar-refractivity contribution in [2.75, 3.05) is 5.32 Å². The van der Waals surface area contributed by atoms with Gasteiger partial charge < -0.3 is 5.32 Å². The summed E-state index contributed by atoms with van der Waals surface area (Å²) < 4.78 is 26.0. The zero-order valence-electron chi connectivity index (χ0n) is 15.8. The number of amides is 1. The fourth-order valence-corrected chi connectivity index (χ4v) is 4.52. The first-order valence-corrected chi connectivity index (χ1v) is 11.2. The van der Waals surface area contributed by atoms with E-state index in [1.807, 2.05) is 6.92 Å². The zero-order valence-corrected chi connectivity index (χ0v) is 18.1. The summed E-state index contributed by atoms with van der Waals surface area (Å²) in [6, 6.07) is 18.1. The molecule has 0 radical (unpaired) electrons. The predicted molar refractivity (Wildman–Crippen MR) is 117 cm³/mol. The Bertz CT molecular complexity index is 1230. The summed E-state index contributed by atoms with van der Waals surface area (Å²) in [6.45, 7) is 1.86. The molecule has 3 aromatic rings. The van der Waals surface area contributed by atoms with Crippen LogP contribution in [0.15, 0.2) is 71.6 Å². The molecule has 0 aromatic heterocycles. The van der Waals surface area contributed by atoms with Crippen LogP contribution in [0.2, 0.25) is 10.0 Å². The number of hydrogen-bond acceptors (Lipinski definition) is 4. The van der Waals surface area contributed by atoms with E-state index in [9.17, 15) is 13.2 Å². The number of fused-ring (bicyclic) bond motifs is 1. The van der Waals surface area contributed by atoms with E-state index in [-0.39, 0.29) is 4.90 Å². The monoisotopic (exact) mass is 461 g/mol. The van der Waals surface area contributed by atoms with Crippen LogP contribution in [-0.2, 0) is 10.0 Å². The Labute approximate surface area is 184 Å². The van der Waals surface area contributed by atoms with Gasteiger partial charge in [0.25, 0.3) is 15.9 Å². The molecule has 0 saturated heterocycles. The maximum atomic E-state index is 13.2. The average molecular weight is 462 g/mol. The number of benzene rings is 3. The lowest BCUT2D eigenvalue weighted by atomic mass is 10.1. The highest BCUT2D eigenvalue weighted by atomic mass is 35.5. The highest BCUT2D eigenvalue weighted by Crippen LogP contribution is 2.34. The molecule has 1 aliphatic rings. The van der Waals surface area contributed by atoms with Crippen LogP contribution in [-0.4, -0.2) is 19.3 Å². The fraction of sp³-hybridized carbons (Fsp3) is 0.0952. The fourth-order valence-electron chi connectivity index (χ4n) is 3.16. The van der Waals surface area contributed by atoms with Crippen LogP contribution in [0.25, 0.3) is 0 Å². The van der Waals surface area contributed by atoms with Gasteiger partial charge >= 0.3 is 0 Å². The summed E-state index contributed by atoms with van der Waals surface area (Å²) in [7, 11) is -4.02. The van der Waals surface area contributed by atoms with Gasteiger partial charge in [0.2, 0.25) is 0 Å². The first-order valence-electron chi connectivity index (χ1n) is 8.99. The smallest absolute Gasteiger partial charge is 0.273 e. The molecule has 1 heterocycles. The van der Waals surface area contributed by atoms with Crippen molar-refractivity contribution in [2.45, 2.75) is 18.0 Å². The van der Waals surface area contributed by atoms with Crippen LogP contribution < -0.4 is 10.1 Å². The average Bonchev–Trinajstić information content (AvgIpc) is 2.72. The quantitative estimate of drug-likeness (QED) is 0.586. The van der Waals surface area contributed by atoms with Gasteiger partial charge in [-0.15, -0.1) is 4.83 Å². The maximum absolute atomic E-state index is 13.2. The highest BCUT2D eigenvalue weighted by Gasteiger charge is 2.36. The largest absolute Gasteiger partial charge is 0.360 e. The number of sulfonamides is 1. The first-order chi connectivity index (χ1) is 14.3. The third-order valence-corrected chi connectivity index (χ3v) is 6.80. The number of nitrogens with zero attached hydrogens (tertiary/aromatic N) is 1. The predicted octanol–water partition coefficient (Wildman–Crippen LogP) is 4.76. The third-order valence-electron chi connectivity index (χ3n) is 4.74. The minimum absolute atomic E-state index is 0.0487. The van der Waals surface area contributed by atoms with E-state index < -0.39 is 22.1 Å². The number of carbonyl (C=O) groups excluding carboxylic acids is 1. The van der Waals surface area contributed by atoms with Gasteiger partial charge in [0.15, 0.2) is 0 Å². The Kier molecular flexibility index (Phi) is 5.46. The molecule has 154 valence electrons. The molecule has 0 bridgehead atoms. The van der Waals surface area contributed by atoms with Crippen LogP contribution in [0, 0.1) is 6.92 Å². The Hall–Kier alpha value is -2.58. The van der Waals surface area contributed by atoms with E-state index in [0.29, 0.717) is 26.9 Å². The van der Waals surface area contributed by atoms with Gasteiger partial charge in [-0.3, -0.25) is 4.79 Å². The van der Waals surface area contributed by atoms with Gasteiger partial charge in [0, 0.05) is 5.69 Å². The van der Waals surface area contributed by atoms with Crippen LogP contribution in [0.1, 0.15) is 27.7 Å². The summed E-state index contributed by atoms with van der Waals surface area (Å²) in [5, 5.41) is 4.90. The lowest BCUT2D eigenvalue weighted by Crippen LogP contribution is -2.52. The van der Waals surface area contributed by atoms with Gasteiger partial charge in [0.05, 0.1) is 20.5 Å². The zero-order chi connectivity index (χ0) is 21.5. The van der Waals surface area contributed by atoms with E-state index in [0.717, 1.165) is 10.6 Å². The number of hydrogen-bond donors (Lipinski definition) is 2. The molecule has 1 unspecified atom stereocenters. The number of carbonyl (C=O) groups is 1. The molecule has 1 aliphatic heterocycles. The number of nitrogens with one attached hydrogen (secondary N) is 2. The summed E-state index contributed by atoms with van der Waals surface area (Å²) >= 11 is 12.2. The molecule has 2 N–H and O–H groups in total. The normalized spacial score (nSPS) is 16.2. The standard InChI is InChI=1S/C21H17Cl2N3O3S/c1-13-6-9-15(10-7-13)30(28,29)25-26-20(14-8-11-17(22)18(23)12-14)24-19-5-3-2-4-16(19)21(26)27/h2-12,20,24-25H,1H3. The van der Waals surface area contributed by atoms with Crippen molar-refractivity contribution in [3.8, 4) is 0 Å². The number of halogens is 2. The molecule has 0 spiro atoms. The summed E-state index contributed by atoms with van der Waals surface area (Å²) in [6.07, 6.45) is -0.831. The third kappa shape index (κ3) is 3.89. The summed E-state index contributed by atoms with van der Waals surface area (Å²) in [4.78, 5) is 15.7. The van der Waals surface area contributed by atoms with Crippen molar-refractivity contribution in [1.82, 2.24) is 9.84 Å². The number of para-hydroxylation sites is 1. The molecular formula is C21H17Cl2N3O3S. The van der Waals surface area contributed by atoms with E-state index >= 15 is 0 Å². The minimum Gasteiger partial charge on any atom is -0.360 e. The van der Waals surface area contributed by atoms with Crippen molar-refractivity contribution in [2.24, 2.45) is 0 Å². The second-order valence-electron chi connectivity index (χ2n) is 6.85. The molecule has 0 saturated carbocycles. The van der Waals surface area contributed by atoms with Gasteiger partial charge in [-0.1, -0.05) is 59.1 Å². The van der Waals surface area contributed by atoms with Crippen LogP contribution in [0.5, 0.6) is 0 Å². The Balaban J connectivity index is 1.78. The molecule has 1 atom stereocenters. The lowest BCUT2D eigenvalue weighted by Gasteiger charge is -2.37. The highest BCUT2D eigenvalue weighted by molar-refractivity contribution is 7.89. The van der Waals surface area contributed by atoms with Crippen molar-refractivity contribution in [1.29, 1.82) is 0 Å². The molecule has 1 amide bonds. The molecule has 6 nitrogen and oxygen atoms in total. The first kappa shape index (κ1) is 20.7. The number of rotatable bonds is 4. The minimum atomic E-state index is -4.02. The molecular weight excluding hydrogens is 445 g/mol. The topological polar surface area (TPSA) is 78.5 Å². The molecule has 9 heteroatoms. The maximum Gasteiger partial charge on any atom is 0.273 e. The number of hydrazine groups is 1. The van der Waals surface area contributed by atoms with Crippen LogP contribution in [0.3, 0.4) is 0 Å². The molecule has 0 aliphatic carbocycles. The molecule has 30 heavy (non-hydrogen) atoms. The van der Waals surface area contributed by atoms with Crippen molar-refractivity contribution in [3.05, 3.63) is 93.5 Å². The van der Waals surface area contributed by atoms with Gasteiger partial charge in [-0.2, -0.15) is 0 Å². The van der Waals surface area contributed by atoms with E-state index in [4.69, 9.17) is 23.2 Å². The van der Waals surface area contributed by atoms with Crippen LogP contribution in [0.4, 0.5) is 5.69 Å². The van der Waals surface area contributed by atoms with E-state index in [1.54, 1.807) is 54.6 Å². The molecule has 0 fully saturated rings. The number of aryl methyl sites for hydroxylation is 1. The SMILES string of the molecule is Cc1ccc(S(=O)(=O)NN2C(=O)c3ccccc3NC2c2ccc(Cl)c(Cl)c2)cc1. The lowest BCUT2D eigenvalue weighted by molar-refractivity contribution is 0.0633. The Morgan fingerprint density at radius 1 is 0.967 bits per heavy atom. The van der Waals surface area contributed by atoms with E-state index in [2.05, 4.69) is 10.1 Å². The Morgan fingerprint density at radius 2 is 1.67 bits per heavy atom. The van der Waals surface area contributed by atoms with Crippen molar-refractivity contribution in [3.63, 3.8) is 0 Å². The van der Waals surface area contributed by atoms with E-state index in [1.165, 1.54) is 12.1 Å². The van der Waals surface area contributed by atoms with Gasteiger partial charge in [0.1, 0.15) is 6.17 Å². The molecule has 4 rings (SSSR count).